The lowest BCUT2D eigenvalue weighted by Gasteiger charge is -2.07. The number of methoxy groups -OCH3 is 1. The average Bonchev–Trinajstić information content (AvgIpc) is 2.74. The predicted molar refractivity (Wildman–Crippen MR) is 64.2 cm³/mol. The summed E-state index contributed by atoms with van der Waals surface area (Å²) in [6, 6.07) is 5.42. The summed E-state index contributed by atoms with van der Waals surface area (Å²) >= 11 is 0. The van der Waals surface area contributed by atoms with Gasteiger partial charge in [-0.2, -0.15) is 5.10 Å². The van der Waals surface area contributed by atoms with Gasteiger partial charge in [0.25, 0.3) is 0 Å². The molecule has 0 fully saturated rings. The molecule has 0 amide bonds. The fraction of sp³-hybridized carbons (Fsp3) is 0.167. The van der Waals surface area contributed by atoms with E-state index in [-0.39, 0.29) is 11.6 Å². The molecule has 2 aromatic rings. The molecule has 0 aliphatic carbocycles. The molecule has 5 nitrogen and oxygen atoms in total. The third kappa shape index (κ3) is 1.99. The highest BCUT2D eigenvalue weighted by molar-refractivity contribution is 6.13. The maximum atomic E-state index is 12.2. The summed E-state index contributed by atoms with van der Waals surface area (Å²) in [4.78, 5) is 12.2. The molecule has 0 atom stereocenters. The standard InChI is InChI=1S/C12H13N3O2/c1-7-3-4-10(17-2)8(5-7)11(16)9-6-14-15-12(9)13/h3-6H,1-2H3,(H3,13,14,15). The molecule has 0 aliphatic rings. The number of aryl methyl sites for hydroxylation is 1. The first-order valence-electron chi connectivity index (χ1n) is 5.11. The second kappa shape index (κ2) is 4.29. The highest BCUT2D eigenvalue weighted by Gasteiger charge is 2.18. The minimum Gasteiger partial charge on any atom is -0.496 e. The van der Waals surface area contributed by atoms with Crippen LogP contribution in [0.5, 0.6) is 5.75 Å². The van der Waals surface area contributed by atoms with Crippen LogP contribution in [0, 0.1) is 6.92 Å². The summed E-state index contributed by atoms with van der Waals surface area (Å²) in [7, 11) is 1.53. The number of H-pyrrole nitrogens is 1. The number of carbonyl (C=O) groups is 1. The lowest BCUT2D eigenvalue weighted by atomic mass is 10.0. The number of hydrogen-bond acceptors (Lipinski definition) is 4. The fourth-order valence-corrected chi connectivity index (χ4v) is 1.62. The van der Waals surface area contributed by atoms with Crippen molar-refractivity contribution in [2.24, 2.45) is 0 Å². The van der Waals surface area contributed by atoms with Gasteiger partial charge in [-0.15, -0.1) is 0 Å². The van der Waals surface area contributed by atoms with Crippen LogP contribution in [0.1, 0.15) is 21.5 Å². The number of hydrogen-bond donors (Lipinski definition) is 2. The maximum Gasteiger partial charge on any atom is 0.202 e. The molecular formula is C12H13N3O2. The monoisotopic (exact) mass is 231 g/mol. The van der Waals surface area contributed by atoms with Gasteiger partial charge in [0.1, 0.15) is 11.6 Å². The normalized spacial score (nSPS) is 10.2. The van der Waals surface area contributed by atoms with E-state index in [9.17, 15) is 4.79 Å². The Morgan fingerprint density at radius 2 is 2.18 bits per heavy atom. The van der Waals surface area contributed by atoms with Gasteiger partial charge in [0, 0.05) is 0 Å². The molecule has 2 rings (SSSR count). The number of nitrogens with two attached hydrogens (primary N) is 1. The van der Waals surface area contributed by atoms with E-state index in [0.29, 0.717) is 16.9 Å². The Balaban J connectivity index is 2.50. The van der Waals surface area contributed by atoms with Gasteiger partial charge in [0.2, 0.25) is 5.78 Å². The number of aromatic amines is 1. The van der Waals surface area contributed by atoms with Crippen molar-refractivity contribution < 1.29 is 9.53 Å². The molecule has 0 saturated heterocycles. The van der Waals surface area contributed by atoms with E-state index < -0.39 is 0 Å². The fourth-order valence-electron chi connectivity index (χ4n) is 1.62. The maximum absolute atomic E-state index is 12.2. The zero-order valence-corrected chi connectivity index (χ0v) is 9.65. The van der Waals surface area contributed by atoms with E-state index in [0.717, 1.165) is 5.56 Å². The van der Waals surface area contributed by atoms with Crippen LogP contribution in [0.3, 0.4) is 0 Å². The first kappa shape index (κ1) is 11.2. The van der Waals surface area contributed by atoms with Crippen molar-refractivity contribution in [3.8, 4) is 5.75 Å². The minimum absolute atomic E-state index is 0.197. The zero-order valence-electron chi connectivity index (χ0n) is 9.65. The molecule has 1 aromatic carbocycles. The van der Waals surface area contributed by atoms with E-state index >= 15 is 0 Å². The van der Waals surface area contributed by atoms with Crippen LogP contribution >= 0.6 is 0 Å². The Hall–Kier alpha value is -2.30. The predicted octanol–water partition coefficient (Wildman–Crippen LogP) is 1.54. The SMILES string of the molecule is COc1ccc(C)cc1C(=O)c1cn[nH]c1N. The van der Waals surface area contributed by atoms with Crippen LogP contribution in [-0.2, 0) is 0 Å². The number of nitrogens with zero attached hydrogens (tertiary/aromatic N) is 1. The van der Waals surface area contributed by atoms with E-state index in [4.69, 9.17) is 10.5 Å². The number of ether oxygens (including phenoxy) is 1. The quantitative estimate of drug-likeness (QED) is 0.785. The second-order valence-electron chi connectivity index (χ2n) is 3.73. The van der Waals surface area contributed by atoms with Crippen molar-refractivity contribution in [2.75, 3.05) is 12.8 Å². The average molecular weight is 231 g/mol. The van der Waals surface area contributed by atoms with Crippen molar-refractivity contribution >= 4 is 11.6 Å². The number of carbonyl (C=O) groups excluding carboxylic acids is 1. The Bertz CT molecular complexity index is 561. The molecule has 3 N–H and O–H groups in total. The summed E-state index contributed by atoms with van der Waals surface area (Å²) in [6.45, 7) is 1.91. The molecule has 0 unspecified atom stereocenters. The summed E-state index contributed by atoms with van der Waals surface area (Å²) in [5.41, 5.74) is 7.45. The molecule has 17 heavy (non-hydrogen) atoms. The molecular weight excluding hydrogens is 218 g/mol. The number of ketones is 1. The van der Waals surface area contributed by atoms with Crippen LogP contribution < -0.4 is 10.5 Å². The summed E-state index contributed by atoms with van der Waals surface area (Å²) in [5, 5.41) is 6.27. The number of nitrogen functional groups attached to an aromatic ring is 1. The number of rotatable bonds is 3. The molecule has 5 heteroatoms. The summed E-state index contributed by atoms with van der Waals surface area (Å²) in [5.74, 6) is 0.594. The third-order valence-electron chi connectivity index (χ3n) is 2.51. The highest BCUT2D eigenvalue weighted by Crippen LogP contribution is 2.24. The zero-order chi connectivity index (χ0) is 12.4. The molecule has 1 aromatic heterocycles. The number of aromatic nitrogens is 2. The van der Waals surface area contributed by atoms with E-state index in [1.165, 1.54) is 13.3 Å². The second-order valence-corrected chi connectivity index (χ2v) is 3.73. The van der Waals surface area contributed by atoms with Gasteiger partial charge in [-0.1, -0.05) is 11.6 Å². The van der Waals surface area contributed by atoms with Gasteiger partial charge in [0.05, 0.1) is 24.4 Å². The van der Waals surface area contributed by atoms with E-state index in [1.807, 2.05) is 13.0 Å². The number of anilines is 1. The van der Waals surface area contributed by atoms with Gasteiger partial charge in [-0.3, -0.25) is 9.89 Å². The Morgan fingerprint density at radius 3 is 2.76 bits per heavy atom. The molecule has 0 radical (unpaired) electrons. The first-order chi connectivity index (χ1) is 8.13. The van der Waals surface area contributed by atoms with Crippen LogP contribution in [0.2, 0.25) is 0 Å². The molecule has 0 bridgehead atoms. The Labute approximate surface area is 98.6 Å². The van der Waals surface area contributed by atoms with Crippen molar-refractivity contribution in [1.29, 1.82) is 0 Å². The van der Waals surface area contributed by atoms with E-state index in [1.54, 1.807) is 12.1 Å². The topological polar surface area (TPSA) is 81.0 Å². The smallest absolute Gasteiger partial charge is 0.202 e. The highest BCUT2D eigenvalue weighted by atomic mass is 16.5. The van der Waals surface area contributed by atoms with Gasteiger partial charge in [0.15, 0.2) is 0 Å². The molecule has 0 saturated carbocycles. The minimum atomic E-state index is -0.197. The third-order valence-corrected chi connectivity index (χ3v) is 2.51. The van der Waals surface area contributed by atoms with Crippen molar-refractivity contribution in [3.05, 3.63) is 41.1 Å². The van der Waals surface area contributed by atoms with Gasteiger partial charge in [-0.05, 0) is 19.1 Å². The van der Waals surface area contributed by atoms with Crippen LogP contribution in [0.25, 0.3) is 0 Å². The molecule has 1 heterocycles. The van der Waals surface area contributed by atoms with Crippen LogP contribution in [-0.4, -0.2) is 23.1 Å². The Morgan fingerprint density at radius 1 is 1.41 bits per heavy atom. The van der Waals surface area contributed by atoms with Crippen LogP contribution in [0.4, 0.5) is 5.82 Å². The summed E-state index contributed by atoms with van der Waals surface area (Å²) in [6.07, 6.45) is 1.42. The van der Waals surface area contributed by atoms with Crippen LogP contribution in [0.15, 0.2) is 24.4 Å². The lowest BCUT2D eigenvalue weighted by Crippen LogP contribution is -2.06. The van der Waals surface area contributed by atoms with Crippen molar-refractivity contribution in [1.82, 2.24) is 10.2 Å². The number of nitrogens with one attached hydrogen (secondary N) is 1. The molecule has 0 spiro atoms. The van der Waals surface area contributed by atoms with E-state index in [2.05, 4.69) is 10.2 Å². The Kier molecular flexibility index (Phi) is 2.82. The van der Waals surface area contributed by atoms with Gasteiger partial charge in [-0.25, -0.2) is 0 Å². The molecule has 88 valence electrons. The lowest BCUT2D eigenvalue weighted by molar-refractivity contribution is 0.103. The van der Waals surface area contributed by atoms with Gasteiger partial charge >= 0.3 is 0 Å². The largest absolute Gasteiger partial charge is 0.496 e. The first-order valence-corrected chi connectivity index (χ1v) is 5.11. The number of benzene rings is 1. The van der Waals surface area contributed by atoms with Crippen molar-refractivity contribution in [2.45, 2.75) is 6.92 Å². The van der Waals surface area contributed by atoms with Crippen molar-refractivity contribution in [3.63, 3.8) is 0 Å². The molecule has 0 aliphatic heterocycles. The summed E-state index contributed by atoms with van der Waals surface area (Å²) < 4.78 is 5.17. The van der Waals surface area contributed by atoms with Gasteiger partial charge < -0.3 is 10.5 Å².